The molecule has 0 spiro atoms. The molecule has 2 unspecified atom stereocenters. The predicted octanol–water partition coefficient (Wildman–Crippen LogP) is 3.15. The molecule has 6 nitrogen and oxygen atoms in total. The van der Waals surface area contributed by atoms with E-state index < -0.39 is 0 Å². The smallest absolute Gasteiger partial charge is 0.338 e. The maximum Gasteiger partial charge on any atom is 0.338 e. The summed E-state index contributed by atoms with van der Waals surface area (Å²) in [5.41, 5.74) is 7.58. The second kappa shape index (κ2) is 8.25. The molecule has 3 heterocycles. The van der Waals surface area contributed by atoms with Crippen molar-refractivity contribution >= 4 is 5.97 Å². The number of hydrogen-bond acceptors (Lipinski definition) is 6. The normalized spacial score (nSPS) is 27.3. The fourth-order valence-electron chi connectivity index (χ4n) is 6.16. The van der Waals surface area contributed by atoms with Gasteiger partial charge in [0.05, 0.1) is 29.9 Å². The Morgan fingerprint density at radius 2 is 1.91 bits per heavy atom. The molecule has 0 N–H and O–H groups in total. The Balaban J connectivity index is 1.11. The van der Waals surface area contributed by atoms with Gasteiger partial charge in [0.25, 0.3) is 0 Å². The van der Waals surface area contributed by atoms with Crippen LogP contribution in [0.15, 0.2) is 30.3 Å². The minimum atomic E-state index is -0.212. The van der Waals surface area contributed by atoms with Gasteiger partial charge in [0.15, 0.2) is 0 Å². The van der Waals surface area contributed by atoms with E-state index in [1.807, 2.05) is 12.1 Å². The van der Waals surface area contributed by atoms with Crippen LogP contribution in [0.3, 0.4) is 0 Å². The number of ether oxygens (including phenoxy) is 2. The first-order valence-electron chi connectivity index (χ1n) is 12.0. The number of morpholine rings is 1. The van der Waals surface area contributed by atoms with Gasteiger partial charge in [-0.2, -0.15) is 5.26 Å². The first-order chi connectivity index (χ1) is 16.1. The van der Waals surface area contributed by atoms with Crippen molar-refractivity contribution in [3.8, 4) is 6.07 Å². The van der Waals surface area contributed by atoms with E-state index in [9.17, 15) is 4.79 Å². The van der Waals surface area contributed by atoms with Gasteiger partial charge in [0, 0.05) is 43.8 Å². The highest BCUT2D eigenvalue weighted by Crippen LogP contribution is 2.34. The Labute approximate surface area is 194 Å². The molecule has 3 aliphatic heterocycles. The molecule has 1 aliphatic carbocycles. The molecular weight excluding hydrogens is 414 g/mol. The number of aryl methyl sites for hydroxylation is 1. The average Bonchev–Trinajstić information content (AvgIpc) is 3.24. The summed E-state index contributed by atoms with van der Waals surface area (Å²) in [5, 5.41) is 9.17. The minimum absolute atomic E-state index is 0.0460. The number of rotatable bonds is 2. The van der Waals surface area contributed by atoms with Gasteiger partial charge in [-0.05, 0) is 66.6 Å². The third-order valence-corrected chi connectivity index (χ3v) is 8.14. The molecule has 0 bridgehead atoms. The van der Waals surface area contributed by atoms with Crippen LogP contribution >= 0.6 is 0 Å². The van der Waals surface area contributed by atoms with Crippen molar-refractivity contribution in [1.82, 2.24) is 9.80 Å². The maximum absolute atomic E-state index is 11.9. The van der Waals surface area contributed by atoms with Crippen molar-refractivity contribution in [1.29, 1.82) is 5.26 Å². The van der Waals surface area contributed by atoms with E-state index in [-0.39, 0.29) is 12.1 Å². The van der Waals surface area contributed by atoms with E-state index in [1.54, 1.807) is 0 Å². The zero-order valence-electron chi connectivity index (χ0n) is 19.0. The van der Waals surface area contributed by atoms with Crippen molar-refractivity contribution in [3.05, 3.63) is 69.3 Å². The first kappa shape index (κ1) is 20.9. The van der Waals surface area contributed by atoms with Crippen LogP contribution in [0.1, 0.15) is 56.3 Å². The lowest BCUT2D eigenvalue weighted by Gasteiger charge is -2.49. The molecule has 0 aromatic heterocycles. The Bertz CT molecular complexity index is 1150. The lowest BCUT2D eigenvalue weighted by molar-refractivity contribution is -0.0962. The predicted molar refractivity (Wildman–Crippen MR) is 123 cm³/mol. The zero-order chi connectivity index (χ0) is 22.5. The quantitative estimate of drug-likeness (QED) is 0.665. The topological polar surface area (TPSA) is 65.8 Å². The second-order valence-corrected chi connectivity index (χ2v) is 9.84. The summed E-state index contributed by atoms with van der Waals surface area (Å²) >= 11 is 0. The number of benzene rings is 2. The summed E-state index contributed by atoms with van der Waals surface area (Å²) in [4.78, 5) is 17.1. The van der Waals surface area contributed by atoms with Gasteiger partial charge in [-0.25, -0.2) is 4.79 Å². The number of cyclic esters (lactones) is 1. The minimum Gasteiger partial charge on any atom is -0.457 e. The summed E-state index contributed by atoms with van der Waals surface area (Å²) < 4.78 is 11.6. The first-order valence-corrected chi connectivity index (χ1v) is 12.0. The van der Waals surface area contributed by atoms with Gasteiger partial charge in [0.2, 0.25) is 0 Å². The van der Waals surface area contributed by atoms with Crippen molar-refractivity contribution in [3.63, 3.8) is 0 Å². The Morgan fingerprint density at radius 1 is 1.06 bits per heavy atom. The van der Waals surface area contributed by atoms with Crippen LogP contribution in [-0.2, 0) is 28.9 Å². The molecular formula is C27H29N3O3. The lowest BCUT2D eigenvalue weighted by atomic mass is 9.86. The van der Waals surface area contributed by atoms with E-state index in [2.05, 4.69) is 41.0 Å². The van der Waals surface area contributed by atoms with E-state index in [1.165, 1.54) is 16.7 Å². The van der Waals surface area contributed by atoms with E-state index in [0.717, 1.165) is 68.7 Å². The fourth-order valence-corrected chi connectivity index (χ4v) is 6.16. The Kier molecular flexibility index (Phi) is 5.21. The van der Waals surface area contributed by atoms with Crippen molar-refractivity contribution < 1.29 is 14.3 Å². The van der Waals surface area contributed by atoms with Gasteiger partial charge in [-0.3, -0.25) is 9.80 Å². The summed E-state index contributed by atoms with van der Waals surface area (Å²) in [6.07, 6.45) is 3.34. The molecule has 2 aromatic carbocycles. The highest BCUT2D eigenvalue weighted by molar-refractivity contribution is 5.93. The third kappa shape index (κ3) is 3.65. The van der Waals surface area contributed by atoms with E-state index in [0.29, 0.717) is 24.3 Å². The third-order valence-electron chi connectivity index (χ3n) is 8.14. The maximum atomic E-state index is 11.9. The molecule has 0 radical (unpaired) electrons. The van der Waals surface area contributed by atoms with E-state index >= 15 is 0 Å². The number of fused-ring (bicyclic) bond motifs is 3. The van der Waals surface area contributed by atoms with Crippen molar-refractivity contribution in [2.75, 3.05) is 32.8 Å². The van der Waals surface area contributed by atoms with Crippen LogP contribution in [0.25, 0.3) is 0 Å². The van der Waals surface area contributed by atoms with E-state index in [4.69, 9.17) is 14.7 Å². The molecule has 2 saturated heterocycles. The van der Waals surface area contributed by atoms with Crippen molar-refractivity contribution in [2.45, 2.75) is 51.0 Å². The van der Waals surface area contributed by atoms with Gasteiger partial charge in [-0.1, -0.05) is 12.1 Å². The molecule has 6 rings (SSSR count). The van der Waals surface area contributed by atoms with Gasteiger partial charge < -0.3 is 9.47 Å². The molecule has 33 heavy (non-hydrogen) atoms. The molecule has 2 fully saturated rings. The largest absolute Gasteiger partial charge is 0.457 e. The molecule has 6 heteroatoms. The number of nitriles is 1. The van der Waals surface area contributed by atoms with Crippen LogP contribution < -0.4 is 0 Å². The molecule has 2 aromatic rings. The molecule has 0 saturated carbocycles. The molecule has 170 valence electrons. The number of esters is 1. The summed E-state index contributed by atoms with van der Waals surface area (Å²) in [6.45, 7) is 7.31. The van der Waals surface area contributed by atoms with Crippen LogP contribution in [0.2, 0.25) is 0 Å². The average molecular weight is 444 g/mol. The lowest BCUT2D eigenvalue weighted by Crippen LogP contribution is -2.60. The number of piperazine rings is 1. The van der Waals surface area contributed by atoms with Crippen LogP contribution in [0.4, 0.5) is 0 Å². The Morgan fingerprint density at radius 3 is 2.76 bits per heavy atom. The van der Waals surface area contributed by atoms with Crippen LogP contribution in [0.5, 0.6) is 0 Å². The van der Waals surface area contributed by atoms with Gasteiger partial charge >= 0.3 is 5.97 Å². The summed E-state index contributed by atoms with van der Waals surface area (Å²) in [5.74, 6) is -0.212. The number of carbonyl (C=O) groups is 1. The van der Waals surface area contributed by atoms with Gasteiger partial charge in [-0.15, -0.1) is 0 Å². The van der Waals surface area contributed by atoms with Gasteiger partial charge in [0.1, 0.15) is 6.61 Å². The van der Waals surface area contributed by atoms with Crippen molar-refractivity contribution in [2.24, 2.45) is 0 Å². The Hall–Kier alpha value is -2.72. The van der Waals surface area contributed by atoms with Crippen LogP contribution in [-0.4, -0.2) is 60.6 Å². The highest BCUT2D eigenvalue weighted by atomic mass is 16.5. The fraction of sp³-hybridized carbons (Fsp3) is 0.481. The highest BCUT2D eigenvalue weighted by Gasteiger charge is 2.38. The number of hydrogen-bond donors (Lipinski definition) is 0. The molecule has 0 amide bonds. The summed E-state index contributed by atoms with van der Waals surface area (Å²) in [7, 11) is 0. The second-order valence-electron chi connectivity index (χ2n) is 9.84. The zero-order valence-corrected chi connectivity index (χ0v) is 19.0. The molecule has 3 atom stereocenters. The monoisotopic (exact) mass is 443 g/mol. The van der Waals surface area contributed by atoms with Crippen LogP contribution in [0, 0.1) is 18.3 Å². The SMILES string of the molecule is Cc1c([C@@H]2CN3CCN(C4CCc5cc(C#N)ccc5C4)CC3CO2)ccc2c1COC2=O. The molecule has 4 aliphatic rings. The number of carbonyl (C=O) groups excluding carboxylic acids is 1. The number of nitrogens with zero attached hydrogens (tertiary/aromatic N) is 3. The summed E-state index contributed by atoms with van der Waals surface area (Å²) in [6, 6.07) is 13.4. The standard InChI is InChI=1S/C27H29N3O3/c1-17-23(6-7-24-25(17)16-33-27(24)31)26-14-30-9-8-29(13-22(30)15-32-26)21-5-4-19-10-18(12-28)2-3-20(19)11-21/h2-3,6-7,10,21-22,26H,4-5,8-9,11,13-16H2,1H3/t21?,22?,26-/m0/s1.